The predicted octanol–water partition coefficient (Wildman–Crippen LogP) is 2.33. The largest absolute Gasteiger partial charge is 0.394 e. The fraction of sp³-hybridized carbons (Fsp3) is 0.643. The van der Waals surface area contributed by atoms with Gasteiger partial charge in [-0.3, -0.25) is 0 Å². The van der Waals surface area contributed by atoms with E-state index in [-0.39, 0.29) is 12.6 Å². The van der Waals surface area contributed by atoms with Crippen molar-refractivity contribution in [2.75, 3.05) is 6.61 Å². The summed E-state index contributed by atoms with van der Waals surface area (Å²) >= 11 is 1.74. The number of aliphatic hydroxyl groups excluding tert-OH is 1. The normalized spacial score (nSPS) is 17.9. The minimum Gasteiger partial charge on any atom is -0.394 e. The summed E-state index contributed by atoms with van der Waals surface area (Å²) in [7, 11) is 0. The monoisotopic (exact) mass is 282 g/mol. The van der Waals surface area contributed by atoms with Crippen LogP contribution in [0.5, 0.6) is 0 Å². The zero-order chi connectivity index (χ0) is 14.0. The third-order valence-corrected chi connectivity index (χ3v) is 4.80. The van der Waals surface area contributed by atoms with Crippen LogP contribution in [0.25, 0.3) is 0 Å². The zero-order valence-electron chi connectivity index (χ0n) is 11.7. The molecular weight excluding hydrogens is 260 g/mol. The van der Waals surface area contributed by atoms with Crippen LogP contribution in [-0.4, -0.2) is 23.3 Å². The number of urea groups is 1. The van der Waals surface area contributed by atoms with E-state index in [1.807, 2.05) is 6.92 Å². The molecule has 0 saturated heterocycles. The second-order valence-corrected chi connectivity index (χ2v) is 7.06. The molecule has 1 heterocycles. The van der Waals surface area contributed by atoms with Crippen molar-refractivity contribution in [3.8, 4) is 0 Å². The molecule has 0 spiro atoms. The number of aryl methyl sites for hydroxylation is 2. The van der Waals surface area contributed by atoms with E-state index in [4.69, 9.17) is 0 Å². The summed E-state index contributed by atoms with van der Waals surface area (Å²) in [6.07, 6.45) is 2.17. The fourth-order valence-corrected chi connectivity index (χ4v) is 3.28. The van der Waals surface area contributed by atoms with Crippen LogP contribution < -0.4 is 10.6 Å². The highest BCUT2D eigenvalue weighted by Gasteiger charge is 2.42. The molecule has 1 saturated carbocycles. The average Bonchev–Trinajstić information content (AvgIpc) is 3.14. The summed E-state index contributed by atoms with van der Waals surface area (Å²) in [6.45, 7) is 6.56. The molecule has 3 N–H and O–H groups in total. The van der Waals surface area contributed by atoms with Crippen LogP contribution in [0, 0.1) is 19.8 Å². The van der Waals surface area contributed by atoms with Gasteiger partial charge in [-0.2, -0.15) is 0 Å². The molecule has 0 aliphatic heterocycles. The predicted molar refractivity (Wildman–Crippen MR) is 77.4 cm³/mol. The molecule has 1 aliphatic carbocycles. The maximum Gasteiger partial charge on any atom is 0.315 e. The first-order valence-corrected chi connectivity index (χ1v) is 7.49. The molecule has 1 aromatic rings. The van der Waals surface area contributed by atoms with Gasteiger partial charge in [0.2, 0.25) is 0 Å². The number of amides is 2. The summed E-state index contributed by atoms with van der Waals surface area (Å²) in [6, 6.07) is 1.90. The first-order valence-electron chi connectivity index (χ1n) is 6.67. The van der Waals surface area contributed by atoms with Gasteiger partial charge in [0, 0.05) is 16.3 Å². The maximum absolute atomic E-state index is 11.9. The Hall–Kier alpha value is -1.07. The first-order chi connectivity index (χ1) is 8.94. The Morgan fingerprint density at radius 3 is 2.68 bits per heavy atom. The third kappa shape index (κ3) is 3.48. The third-order valence-electron chi connectivity index (χ3n) is 3.79. The minimum atomic E-state index is -0.482. The molecule has 1 aliphatic rings. The lowest BCUT2D eigenvalue weighted by Crippen LogP contribution is -2.53. The molecule has 4 nitrogen and oxygen atoms in total. The first kappa shape index (κ1) is 14.3. The van der Waals surface area contributed by atoms with Crippen molar-refractivity contribution in [1.29, 1.82) is 0 Å². The van der Waals surface area contributed by atoms with Crippen molar-refractivity contribution in [2.24, 2.45) is 5.92 Å². The number of hydrogen-bond acceptors (Lipinski definition) is 3. The van der Waals surface area contributed by atoms with Crippen LogP contribution in [0.4, 0.5) is 4.79 Å². The number of nitrogens with one attached hydrogen (secondary N) is 2. The van der Waals surface area contributed by atoms with Crippen molar-refractivity contribution in [3.63, 3.8) is 0 Å². The molecule has 1 unspecified atom stereocenters. The second kappa shape index (κ2) is 5.51. The Bertz CT molecular complexity index is 468. The Morgan fingerprint density at radius 1 is 1.53 bits per heavy atom. The van der Waals surface area contributed by atoms with Gasteiger partial charge in [-0.05, 0) is 51.2 Å². The van der Waals surface area contributed by atoms with Gasteiger partial charge in [-0.15, -0.1) is 11.3 Å². The van der Waals surface area contributed by atoms with E-state index in [0.29, 0.717) is 12.5 Å². The van der Waals surface area contributed by atoms with E-state index in [1.165, 1.54) is 9.75 Å². The lowest BCUT2D eigenvalue weighted by Gasteiger charge is -2.28. The zero-order valence-corrected chi connectivity index (χ0v) is 12.6. The summed E-state index contributed by atoms with van der Waals surface area (Å²) in [5, 5.41) is 15.2. The molecule has 19 heavy (non-hydrogen) atoms. The average molecular weight is 282 g/mol. The molecule has 0 radical (unpaired) electrons. The van der Waals surface area contributed by atoms with E-state index < -0.39 is 5.54 Å². The summed E-state index contributed by atoms with van der Waals surface area (Å²) in [5.41, 5.74) is 0.679. The van der Waals surface area contributed by atoms with Gasteiger partial charge in [-0.1, -0.05) is 0 Å². The second-order valence-electron chi connectivity index (χ2n) is 5.60. The SMILES string of the molecule is Cc1cc(CNC(=O)NC(C)(CO)C2CC2)c(C)s1. The molecule has 1 atom stereocenters. The standard InChI is InChI=1S/C14H22N2O2S/c1-9-6-11(10(2)19-9)7-15-13(18)16-14(3,8-17)12-4-5-12/h6,12,17H,4-5,7-8H2,1-3H3,(H2,15,16,18). The van der Waals surface area contributed by atoms with Crippen LogP contribution in [0.2, 0.25) is 0 Å². The Morgan fingerprint density at radius 2 is 2.21 bits per heavy atom. The van der Waals surface area contributed by atoms with Gasteiger partial charge < -0.3 is 15.7 Å². The molecule has 0 bridgehead atoms. The fourth-order valence-electron chi connectivity index (χ4n) is 2.33. The molecule has 1 fully saturated rings. The van der Waals surface area contributed by atoms with Crippen LogP contribution in [0.15, 0.2) is 6.07 Å². The number of aliphatic hydroxyl groups is 1. The highest BCUT2D eigenvalue weighted by molar-refractivity contribution is 7.12. The molecular formula is C14H22N2O2S. The van der Waals surface area contributed by atoms with Crippen molar-refractivity contribution in [1.82, 2.24) is 10.6 Å². The number of thiophene rings is 1. The van der Waals surface area contributed by atoms with E-state index in [1.54, 1.807) is 11.3 Å². The summed E-state index contributed by atoms with van der Waals surface area (Å²) in [5.74, 6) is 0.411. The van der Waals surface area contributed by atoms with Crippen LogP contribution >= 0.6 is 11.3 Å². The van der Waals surface area contributed by atoms with Crippen molar-refractivity contribution in [3.05, 3.63) is 21.4 Å². The Labute approximate surface area is 118 Å². The molecule has 1 aromatic heterocycles. The molecule has 0 aromatic carbocycles. The van der Waals surface area contributed by atoms with E-state index >= 15 is 0 Å². The minimum absolute atomic E-state index is 0.0122. The quantitative estimate of drug-likeness (QED) is 0.776. The Kier molecular flexibility index (Phi) is 4.16. The smallest absolute Gasteiger partial charge is 0.315 e. The van der Waals surface area contributed by atoms with Crippen molar-refractivity contribution < 1.29 is 9.90 Å². The van der Waals surface area contributed by atoms with E-state index in [2.05, 4.69) is 30.5 Å². The van der Waals surface area contributed by atoms with E-state index in [9.17, 15) is 9.90 Å². The van der Waals surface area contributed by atoms with Gasteiger partial charge in [0.25, 0.3) is 0 Å². The highest BCUT2D eigenvalue weighted by atomic mass is 32.1. The Balaban J connectivity index is 1.86. The highest BCUT2D eigenvalue weighted by Crippen LogP contribution is 2.39. The van der Waals surface area contributed by atoms with Gasteiger partial charge in [0.15, 0.2) is 0 Å². The van der Waals surface area contributed by atoms with Gasteiger partial charge in [-0.25, -0.2) is 4.79 Å². The van der Waals surface area contributed by atoms with Crippen molar-refractivity contribution in [2.45, 2.75) is 45.7 Å². The van der Waals surface area contributed by atoms with E-state index in [0.717, 1.165) is 18.4 Å². The number of hydrogen-bond donors (Lipinski definition) is 3. The molecule has 2 amide bonds. The molecule has 2 rings (SSSR count). The molecule has 5 heteroatoms. The van der Waals surface area contributed by atoms with Crippen LogP contribution in [0.1, 0.15) is 35.1 Å². The maximum atomic E-state index is 11.9. The lowest BCUT2D eigenvalue weighted by atomic mass is 9.97. The topological polar surface area (TPSA) is 61.4 Å². The van der Waals surface area contributed by atoms with Gasteiger partial charge in [0.1, 0.15) is 0 Å². The van der Waals surface area contributed by atoms with Crippen molar-refractivity contribution >= 4 is 17.4 Å². The van der Waals surface area contributed by atoms with Crippen LogP contribution in [0.3, 0.4) is 0 Å². The van der Waals surface area contributed by atoms with Crippen LogP contribution in [-0.2, 0) is 6.54 Å². The number of carbonyl (C=O) groups excluding carboxylic acids is 1. The van der Waals surface area contributed by atoms with Gasteiger partial charge >= 0.3 is 6.03 Å². The summed E-state index contributed by atoms with van der Waals surface area (Å²) < 4.78 is 0. The number of rotatable bonds is 5. The summed E-state index contributed by atoms with van der Waals surface area (Å²) in [4.78, 5) is 14.4. The van der Waals surface area contributed by atoms with Gasteiger partial charge in [0.05, 0.1) is 12.1 Å². The lowest BCUT2D eigenvalue weighted by molar-refractivity contribution is 0.155. The molecule has 106 valence electrons. The number of carbonyl (C=O) groups is 1.